The summed E-state index contributed by atoms with van der Waals surface area (Å²) in [5.74, 6) is 0.665. The molecule has 0 radical (unpaired) electrons. The smallest absolute Gasteiger partial charge is 0.226 e. The highest BCUT2D eigenvalue weighted by Gasteiger charge is 2.17. The molecule has 0 saturated carbocycles. The molecule has 1 aliphatic rings. The Bertz CT molecular complexity index is 477. The fourth-order valence-electron chi connectivity index (χ4n) is 1.89. The first-order valence-electron chi connectivity index (χ1n) is 5.46. The van der Waals surface area contributed by atoms with Crippen molar-refractivity contribution in [3.8, 4) is 5.88 Å². The van der Waals surface area contributed by atoms with Crippen LogP contribution in [0.4, 0.5) is 0 Å². The van der Waals surface area contributed by atoms with Crippen molar-refractivity contribution in [3.63, 3.8) is 0 Å². The molecule has 84 valence electrons. The summed E-state index contributed by atoms with van der Waals surface area (Å²) in [6, 6.07) is 1.93. The molecule has 1 N–H and O–H groups in total. The number of aromatic nitrogens is 3. The second-order valence-electron chi connectivity index (χ2n) is 3.85. The van der Waals surface area contributed by atoms with E-state index in [0.717, 1.165) is 37.1 Å². The largest absolute Gasteiger partial charge is 0.474 e. The van der Waals surface area contributed by atoms with E-state index >= 15 is 0 Å². The Morgan fingerprint density at radius 3 is 3.06 bits per heavy atom. The second-order valence-corrected chi connectivity index (χ2v) is 3.85. The van der Waals surface area contributed by atoms with Crippen molar-refractivity contribution >= 4 is 11.0 Å². The topological polar surface area (TPSA) is 60.0 Å². The van der Waals surface area contributed by atoms with E-state index in [9.17, 15) is 0 Å². The van der Waals surface area contributed by atoms with Gasteiger partial charge in [-0.25, -0.2) is 9.97 Å². The summed E-state index contributed by atoms with van der Waals surface area (Å²) in [6.07, 6.45) is 5.43. The van der Waals surface area contributed by atoms with Gasteiger partial charge in [0, 0.05) is 19.0 Å². The molecule has 5 heteroatoms. The molecule has 16 heavy (non-hydrogen) atoms. The second kappa shape index (κ2) is 4.09. The van der Waals surface area contributed by atoms with Crippen molar-refractivity contribution < 1.29 is 9.47 Å². The van der Waals surface area contributed by atoms with Gasteiger partial charge in [0.2, 0.25) is 5.88 Å². The first kappa shape index (κ1) is 9.59. The van der Waals surface area contributed by atoms with E-state index in [4.69, 9.17) is 9.47 Å². The van der Waals surface area contributed by atoms with E-state index in [-0.39, 0.29) is 6.10 Å². The number of fused-ring (bicyclic) bond motifs is 1. The number of aromatic amines is 1. The third-order valence-corrected chi connectivity index (χ3v) is 2.76. The predicted octanol–water partition coefficient (Wildman–Crippen LogP) is 1.52. The maximum Gasteiger partial charge on any atom is 0.226 e. The summed E-state index contributed by atoms with van der Waals surface area (Å²) in [5, 5.41) is 0.939. The molecule has 1 fully saturated rings. The van der Waals surface area contributed by atoms with Crippen LogP contribution in [0.15, 0.2) is 18.6 Å². The number of H-pyrrole nitrogens is 1. The van der Waals surface area contributed by atoms with Crippen LogP contribution in [0, 0.1) is 0 Å². The van der Waals surface area contributed by atoms with Gasteiger partial charge in [-0.2, -0.15) is 0 Å². The number of nitrogens with zero attached hydrogens (tertiary/aromatic N) is 2. The highest BCUT2D eigenvalue weighted by molar-refractivity contribution is 5.80. The minimum Gasteiger partial charge on any atom is -0.474 e. The third kappa shape index (κ3) is 1.74. The van der Waals surface area contributed by atoms with E-state index in [1.807, 2.05) is 12.3 Å². The molecule has 3 heterocycles. The summed E-state index contributed by atoms with van der Waals surface area (Å²) in [4.78, 5) is 11.3. The summed E-state index contributed by atoms with van der Waals surface area (Å²) >= 11 is 0. The van der Waals surface area contributed by atoms with E-state index in [0.29, 0.717) is 5.88 Å². The Balaban J connectivity index is 1.85. The van der Waals surface area contributed by atoms with Crippen molar-refractivity contribution in [1.29, 1.82) is 0 Å². The zero-order chi connectivity index (χ0) is 10.8. The number of rotatable bonds is 2. The molecule has 1 aliphatic heterocycles. The van der Waals surface area contributed by atoms with Crippen molar-refractivity contribution in [3.05, 3.63) is 18.6 Å². The molecule has 0 unspecified atom stereocenters. The molecule has 0 bridgehead atoms. The lowest BCUT2D eigenvalue weighted by molar-refractivity contribution is 0.0244. The Hall–Kier alpha value is -1.62. The lowest BCUT2D eigenvalue weighted by Crippen LogP contribution is -2.26. The van der Waals surface area contributed by atoms with Crippen LogP contribution < -0.4 is 4.74 Å². The quantitative estimate of drug-likeness (QED) is 0.831. The monoisotopic (exact) mass is 219 g/mol. The van der Waals surface area contributed by atoms with Crippen molar-refractivity contribution in [1.82, 2.24) is 15.0 Å². The van der Waals surface area contributed by atoms with Crippen molar-refractivity contribution in [2.24, 2.45) is 0 Å². The standard InChI is InChI=1S/C11H13N3O2/c1-4-12-10-9(1)11(14-7-13-10)16-8-2-5-15-6-3-8/h1,4,7-8H,2-3,5-6H2,(H,12,13,14). The summed E-state index contributed by atoms with van der Waals surface area (Å²) in [6.45, 7) is 1.54. The molecule has 0 aliphatic carbocycles. The van der Waals surface area contributed by atoms with Gasteiger partial charge in [-0.3, -0.25) is 0 Å². The number of nitrogens with one attached hydrogen (secondary N) is 1. The molecular formula is C11H13N3O2. The zero-order valence-electron chi connectivity index (χ0n) is 8.85. The lowest BCUT2D eigenvalue weighted by atomic mass is 10.1. The van der Waals surface area contributed by atoms with Crippen molar-refractivity contribution in [2.45, 2.75) is 18.9 Å². The van der Waals surface area contributed by atoms with E-state index in [1.165, 1.54) is 6.33 Å². The zero-order valence-corrected chi connectivity index (χ0v) is 8.85. The minimum atomic E-state index is 0.210. The Morgan fingerprint density at radius 2 is 2.19 bits per heavy atom. The van der Waals surface area contributed by atoms with Gasteiger partial charge < -0.3 is 14.5 Å². The molecule has 5 nitrogen and oxygen atoms in total. The summed E-state index contributed by atoms with van der Waals surface area (Å²) in [7, 11) is 0. The van der Waals surface area contributed by atoms with Crippen LogP contribution >= 0.6 is 0 Å². The van der Waals surface area contributed by atoms with Crippen LogP contribution in [0.5, 0.6) is 5.88 Å². The maximum atomic E-state index is 5.88. The summed E-state index contributed by atoms with van der Waals surface area (Å²) in [5.41, 5.74) is 0.817. The van der Waals surface area contributed by atoms with Crippen LogP contribution in [0.1, 0.15) is 12.8 Å². The predicted molar refractivity (Wildman–Crippen MR) is 58.4 cm³/mol. The number of hydrogen-bond acceptors (Lipinski definition) is 4. The maximum absolute atomic E-state index is 5.88. The van der Waals surface area contributed by atoms with Crippen LogP contribution in [0.3, 0.4) is 0 Å². The first-order chi connectivity index (χ1) is 7.93. The SMILES string of the molecule is c1nc(OC2CCOCC2)c2cc[nH]c2n1. The molecule has 2 aromatic rings. The number of ether oxygens (including phenoxy) is 2. The molecule has 0 amide bonds. The van der Waals surface area contributed by atoms with E-state index in [1.54, 1.807) is 0 Å². The number of hydrogen-bond donors (Lipinski definition) is 1. The van der Waals surface area contributed by atoms with Gasteiger partial charge in [-0.1, -0.05) is 0 Å². The average molecular weight is 219 g/mol. The lowest BCUT2D eigenvalue weighted by Gasteiger charge is -2.22. The molecule has 0 spiro atoms. The Labute approximate surface area is 92.8 Å². The fraction of sp³-hybridized carbons (Fsp3) is 0.455. The van der Waals surface area contributed by atoms with Crippen LogP contribution in [0.2, 0.25) is 0 Å². The Kier molecular flexibility index (Phi) is 2.46. The molecule has 0 aromatic carbocycles. The molecule has 2 aromatic heterocycles. The summed E-state index contributed by atoms with van der Waals surface area (Å²) < 4.78 is 11.2. The van der Waals surface area contributed by atoms with Crippen LogP contribution in [0.25, 0.3) is 11.0 Å². The average Bonchev–Trinajstić information content (AvgIpc) is 2.80. The highest BCUT2D eigenvalue weighted by atomic mass is 16.5. The third-order valence-electron chi connectivity index (χ3n) is 2.76. The van der Waals surface area contributed by atoms with Gasteiger partial charge in [0.1, 0.15) is 18.1 Å². The van der Waals surface area contributed by atoms with Gasteiger partial charge in [0.25, 0.3) is 0 Å². The van der Waals surface area contributed by atoms with Crippen molar-refractivity contribution in [2.75, 3.05) is 13.2 Å². The van der Waals surface area contributed by atoms with Crippen LogP contribution in [-0.2, 0) is 4.74 Å². The van der Waals surface area contributed by atoms with Gasteiger partial charge >= 0.3 is 0 Å². The molecule has 3 rings (SSSR count). The molecule has 0 atom stereocenters. The van der Waals surface area contributed by atoms with Gasteiger partial charge in [-0.15, -0.1) is 0 Å². The Morgan fingerprint density at radius 1 is 1.31 bits per heavy atom. The minimum absolute atomic E-state index is 0.210. The van der Waals surface area contributed by atoms with E-state index < -0.39 is 0 Å². The molecular weight excluding hydrogens is 206 g/mol. The van der Waals surface area contributed by atoms with E-state index in [2.05, 4.69) is 15.0 Å². The van der Waals surface area contributed by atoms with Crippen LogP contribution in [-0.4, -0.2) is 34.3 Å². The van der Waals surface area contributed by atoms with Gasteiger partial charge in [0.15, 0.2) is 0 Å². The normalized spacial score (nSPS) is 17.8. The molecule has 1 saturated heterocycles. The van der Waals surface area contributed by atoms with Gasteiger partial charge in [0.05, 0.1) is 18.6 Å². The van der Waals surface area contributed by atoms with Gasteiger partial charge in [-0.05, 0) is 6.07 Å². The fourth-order valence-corrected chi connectivity index (χ4v) is 1.89. The first-order valence-corrected chi connectivity index (χ1v) is 5.46. The highest BCUT2D eigenvalue weighted by Crippen LogP contribution is 2.23.